The molecule has 8 nitrogen and oxygen atoms in total. The maximum absolute atomic E-state index is 11.9. The third-order valence-corrected chi connectivity index (χ3v) is 4.21. The number of rotatable bonds is 6. The van der Waals surface area contributed by atoms with Gasteiger partial charge in [-0.1, -0.05) is 12.8 Å². The van der Waals surface area contributed by atoms with Crippen molar-refractivity contribution in [1.82, 2.24) is 15.6 Å². The molecule has 8 heteroatoms. The summed E-state index contributed by atoms with van der Waals surface area (Å²) in [6.07, 6.45) is 7.69. The second-order valence-electron chi connectivity index (χ2n) is 6.43. The minimum Gasteiger partial charge on any atom is -0.452 e. The molecular formula is C17H22N4O4. The van der Waals surface area contributed by atoms with E-state index in [0.29, 0.717) is 11.9 Å². The minimum atomic E-state index is -0.663. The van der Waals surface area contributed by atoms with Crippen molar-refractivity contribution >= 4 is 23.7 Å². The number of hydrogen-bond donors (Lipinski definition) is 3. The van der Waals surface area contributed by atoms with Crippen molar-refractivity contribution in [3.8, 4) is 0 Å². The van der Waals surface area contributed by atoms with Crippen LogP contribution in [0.15, 0.2) is 18.3 Å². The molecule has 0 unspecified atom stereocenters. The molecule has 134 valence electrons. The lowest BCUT2D eigenvalue weighted by atomic mass is 10.2. The number of nitrogens with one attached hydrogen (secondary N) is 3. The lowest BCUT2D eigenvalue weighted by Gasteiger charge is -2.12. The fourth-order valence-electron chi connectivity index (χ4n) is 2.71. The number of ether oxygens (including phenoxy) is 1. The second kappa shape index (κ2) is 7.96. The normalized spacial score (nSPS) is 17.0. The quantitative estimate of drug-likeness (QED) is 0.675. The number of urea groups is 1. The van der Waals surface area contributed by atoms with E-state index in [1.54, 1.807) is 12.1 Å². The zero-order chi connectivity index (χ0) is 17.6. The molecule has 1 aromatic rings. The Labute approximate surface area is 145 Å². The predicted molar refractivity (Wildman–Crippen MR) is 90.1 cm³/mol. The standard InChI is InChI=1S/C17H22N4O4/c22-15(21-17(24)20-12-3-1-2-4-12)10-25-16(23)11-5-8-14(18-9-11)19-13-6-7-13/h5,8-9,12-13H,1-4,6-7,10H2,(H,18,19)(H2,20,21,22,24). The molecule has 3 amide bonds. The van der Waals surface area contributed by atoms with Gasteiger partial charge in [-0.2, -0.15) is 0 Å². The Hall–Kier alpha value is -2.64. The average Bonchev–Trinajstić information content (AvgIpc) is 3.26. The number of nitrogens with zero attached hydrogens (tertiary/aromatic N) is 1. The first kappa shape index (κ1) is 17.2. The molecule has 2 aliphatic carbocycles. The van der Waals surface area contributed by atoms with Gasteiger partial charge in [0.15, 0.2) is 6.61 Å². The Balaban J connectivity index is 1.38. The first-order valence-electron chi connectivity index (χ1n) is 8.60. The lowest BCUT2D eigenvalue weighted by molar-refractivity contribution is -0.123. The van der Waals surface area contributed by atoms with Crippen molar-refractivity contribution < 1.29 is 19.1 Å². The summed E-state index contributed by atoms with van der Waals surface area (Å²) in [6, 6.07) is 3.33. The first-order valence-corrected chi connectivity index (χ1v) is 8.60. The summed E-state index contributed by atoms with van der Waals surface area (Å²) in [5, 5.41) is 8.10. The highest BCUT2D eigenvalue weighted by Crippen LogP contribution is 2.23. The highest BCUT2D eigenvalue weighted by molar-refractivity contribution is 5.97. The molecule has 25 heavy (non-hydrogen) atoms. The van der Waals surface area contributed by atoms with E-state index in [4.69, 9.17) is 4.74 Å². The molecule has 0 aromatic carbocycles. The Morgan fingerprint density at radius 3 is 2.48 bits per heavy atom. The van der Waals surface area contributed by atoms with Crippen molar-refractivity contribution in [2.24, 2.45) is 0 Å². The molecule has 0 atom stereocenters. The van der Waals surface area contributed by atoms with E-state index in [-0.39, 0.29) is 11.6 Å². The van der Waals surface area contributed by atoms with Crippen LogP contribution in [-0.4, -0.2) is 41.6 Å². The van der Waals surface area contributed by atoms with Crippen molar-refractivity contribution in [1.29, 1.82) is 0 Å². The van der Waals surface area contributed by atoms with Gasteiger partial charge in [0.1, 0.15) is 5.82 Å². The molecule has 2 aliphatic rings. The summed E-state index contributed by atoms with van der Waals surface area (Å²) in [7, 11) is 0. The third kappa shape index (κ3) is 5.44. The number of carbonyl (C=O) groups excluding carboxylic acids is 3. The number of aromatic nitrogens is 1. The first-order chi connectivity index (χ1) is 12.1. The van der Waals surface area contributed by atoms with Crippen LogP contribution in [0.25, 0.3) is 0 Å². The highest BCUT2D eigenvalue weighted by atomic mass is 16.5. The van der Waals surface area contributed by atoms with Gasteiger partial charge in [0.2, 0.25) is 0 Å². The van der Waals surface area contributed by atoms with Crippen LogP contribution in [0.1, 0.15) is 48.9 Å². The summed E-state index contributed by atoms with van der Waals surface area (Å²) in [5.74, 6) is -0.610. The van der Waals surface area contributed by atoms with E-state index in [2.05, 4.69) is 20.9 Å². The molecule has 0 aliphatic heterocycles. The van der Waals surface area contributed by atoms with Crippen LogP contribution >= 0.6 is 0 Å². The fraction of sp³-hybridized carbons (Fsp3) is 0.529. The highest BCUT2D eigenvalue weighted by Gasteiger charge is 2.21. The number of pyridine rings is 1. The Morgan fingerprint density at radius 2 is 1.84 bits per heavy atom. The fourth-order valence-corrected chi connectivity index (χ4v) is 2.71. The van der Waals surface area contributed by atoms with Crippen LogP contribution < -0.4 is 16.0 Å². The number of imide groups is 1. The van der Waals surface area contributed by atoms with Crippen LogP contribution in [0, 0.1) is 0 Å². The van der Waals surface area contributed by atoms with Gasteiger partial charge >= 0.3 is 12.0 Å². The molecule has 0 bridgehead atoms. The number of esters is 1. The zero-order valence-electron chi connectivity index (χ0n) is 13.9. The second-order valence-corrected chi connectivity index (χ2v) is 6.43. The van der Waals surface area contributed by atoms with Crippen molar-refractivity contribution in [2.45, 2.75) is 50.6 Å². The molecule has 0 radical (unpaired) electrons. The van der Waals surface area contributed by atoms with Gasteiger partial charge in [-0.3, -0.25) is 10.1 Å². The summed E-state index contributed by atoms with van der Waals surface area (Å²) in [5.41, 5.74) is 0.254. The number of anilines is 1. The van der Waals surface area contributed by atoms with Crippen LogP contribution in [0.2, 0.25) is 0 Å². The monoisotopic (exact) mass is 346 g/mol. The van der Waals surface area contributed by atoms with Gasteiger partial charge in [-0.25, -0.2) is 14.6 Å². The van der Waals surface area contributed by atoms with Gasteiger partial charge < -0.3 is 15.4 Å². The minimum absolute atomic E-state index is 0.115. The molecule has 1 aromatic heterocycles. The molecular weight excluding hydrogens is 324 g/mol. The Kier molecular flexibility index (Phi) is 5.47. The molecule has 2 saturated carbocycles. The van der Waals surface area contributed by atoms with E-state index in [9.17, 15) is 14.4 Å². The van der Waals surface area contributed by atoms with Crippen LogP contribution in [-0.2, 0) is 9.53 Å². The van der Waals surface area contributed by atoms with Crippen LogP contribution in [0.3, 0.4) is 0 Å². The summed E-state index contributed by atoms with van der Waals surface area (Å²) in [6.45, 7) is -0.515. The van der Waals surface area contributed by atoms with E-state index < -0.39 is 24.5 Å². The van der Waals surface area contributed by atoms with E-state index >= 15 is 0 Å². The molecule has 1 heterocycles. The largest absolute Gasteiger partial charge is 0.452 e. The maximum Gasteiger partial charge on any atom is 0.340 e. The van der Waals surface area contributed by atoms with E-state index in [1.165, 1.54) is 6.20 Å². The number of carbonyl (C=O) groups is 3. The van der Waals surface area contributed by atoms with E-state index in [0.717, 1.165) is 38.5 Å². The van der Waals surface area contributed by atoms with Crippen molar-refractivity contribution in [2.75, 3.05) is 11.9 Å². The summed E-state index contributed by atoms with van der Waals surface area (Å²) in [4.78, 5) is 39.4. The van der Waals surface area contributed by atoms with Crippen molar-refractivity contribution in [3.63, 3.8) is 0 Å². The molecule has 3 rings (SSSR count). The van der Waals surface area contributed by atoms with Gasteiger partial charge in [0.25, 0.3) is 5.91 Å². The molecule has 2 fully saturated rings. The Bertz CT molecular complexity index is 637. The summed E-state index contributed by atoms with van der Waals surface area (Å²) < 4.78 is 4.90. The van der Waals surface area contributed by atoms with Crippen molar-refractivity contribution in [3.05, 3.63) is 23.9 Å². The number of hydrogen-bond acceptors (Lipinski definition) is 6. The Morgan fingerprint density at radius 1 is 1.08 bits per heavy atom. The van der Waals surface area contributed by atoms with E-state index in [1.807, 2.05) is 0 Å². The SMILES string of the molecule is O=C(COC(=O)c1ccc(NC2CC2)nc1)NC(=O)NC1CCCC1. The van der Waals surface area contributed by atoms with Crippen LogP contribution in [0.4, 0.5) is 10.6 Å². The summed E-state index contributed by atoms with van der Waals surface area (Å²) >= 11 is 0. The molecule has 0 saturated heterocycles. The zero-order valence-corrected chi connectivity index (χ0v) is 13.9. The average molecular weight is 346 g/mol. The third-order valence-electron chi connectivity index (χ3n) is 4.21. The smallest absolute Gasteiger partial charge is 0.340 e. The van der Waals surface area contributed by atoms with Gasteiger partial charge in [0.05, 0.1) is 5.56 Å². The molecule has 3 N–H and O–H groups in total. The van der Waals surface area contributed by atoms with Gasteiger partial charge in [-0.05, 0) is 37.8 Å². The van der Waals surface area contributed by atoms with Gasteiger partial charge in [0, 0.05) is 18.3 Å². The maximum atomic E-state index is 11.9. The topological polar surface area (TPSA) is 109 Å². The number of amides is 3. The predicted octanol–water partition coefficient (Wildman–Crippen LogP) is 1.58. The molecule has 0 spiro atoms. The van der Waals surface area contributed by atoms with Gasteiger partial charge in [-0.15, -0.1) is 0 Å². The van der Waals surface area contributed by atoms with Crippen LogP contribution in [0.5, 0.6) is 0 Å². The lowest BCUT2D eigenvalue weighted by Crippen LogP contribution is -2.45.